The molecule has 0 N–H and O–H groups in total. The highest BCUT2D eigenvalue weighted by atomic mass is 79.9. The Morgan fingerprint density at radius 3 is 2.28 bits per heavy atom. The van der Waals surface area contributed by atoms with E-state index in [0.717, 1.165) is 10.0 Å². The highest BCUT2D eigenvalue weighted by molar-refractivity contribution is 9.11. The van der Waals surface area contributed by atoms with E-state index in [4.69, 9.17) is 4.74 Å². The summed E-state index contributed by atoms with van der Waals surface area (Å²) in [6.45, 7) is 0.0345. The van der Waals surface area contributed by atoms with Crippen molar-refractivity contribution in [3.8, 4) is 5.75 Å². The topological polar surface area (TPSA) is 41.9 Å². The van der Waals surface area contributed by atoms with Crippen LogP contribution in [0.4, 0.5) is 10.1 Å². The largest absolute Gasteiger partial charge is 0.487 e. The number of para-hydroxylation sites is 1. The van der Waals surface area contributed by atoms with Crippen molar-refractivity contribution < 1.29 is 13.9 Å². The lowest BCUT2D eigenvalue weighted by atomic mass is 10.00. The molecule has 0 saturated heterocycles. The molecule has 0 unspecified atom stereocenters. The molecule has 0 spiro atoms. The van der Waals surface area contributed by atoms with Gasteiger partial charge in [0.1, 0.15) is 23.9 Å². The van der Waals surface area contributed by atoms with E-state index in [1.165, 1.54) is 11.1 Å². The first-order valence-electron chi connectivity index (χ1n) is 11.1. The normalized spacial score (nSPS) is 14.3. The molecule has 0 aromatic heterocycles. The summed E-state index contributed by atoms with van der Waals surface area (Å²) in [5, 5.41) is 6.09. The van der Waals surface area contributed by atoms with Gasteiger partial charge in [0.2, 0.25) is 0 Å². The van der Waals surface area contributed by atoms with Gasteiger partial charge >= 0.3 is 0 Å². The summed E-state index contributed by atoms with van der Waals surface area (Å²) >= 11 is 7.09. The molecule has 7 heteroatoms. The second kappa shape index (κ2) is 10.6. The Bertz CT molecular complexity index is 1490. The summed E-state index contributed by atoms with van der Waals surface area (Å²) in [4.78, 5) is 13.6. The van der Waals surface area contributed by atoms with E-state index < -0.39 is 0 Å². The van der Waals surface area contributed by atoms with Crippen LogP contribution in [0.15, 0.2) is 117 Å². The Morgan fingerprint density at radius 2 is 1.56 bits per heavy atom. The number of rotatable bonds is 6. The number of carbonyl (C=O) groups excluding carboxylic acids is 1. The smallest absolute Gasteiger partial charge is 0.281 e. The number of hydrogen-bond acceptors (Lipinski definition) is 3. The molecule has 5 rings (SSSR count). The van der Waals surface area contributed by atoms with E-state index in [2.05, 4.69) is 37.0 Å². The average Bonchev–Trinajstić information content (AvgIpc) is 3.21. The first-order valence-corrected chi connectivity index (χ1v) is 12.7. The van der Waals surface area contributed by atoms with Gasteiger partial charge in [-0.15, -0.1) is 0 Å². The molecule has 178 valence electrons. The summed E-state index contributed by atoms with van der Waals surface area (Å²) in [7, 11) is 0. The van der Waals surface area contributed by atoms with E-state index in [9.17, 15) is 9.18 Å². The summed E-state index contributed by atoms with van der Waals surface area (Å²) < 4.78 is 21.7. The fourth-order valence-corrected chi connectivity index (χ4v) is 5.23. The second-order valence-corrected chi connectivity index (χ2v) is 9.78. The monoisotopic (exact) mass is 604 g/mol. The number of ether oxygens (including phenoxy) is 1. The standard InChI is InChI=1S/C29H19Br2FN2O2/c30-22-15-21(28(25(31)17-22)36-18-20-11-7-8-14-26(20)32)16-24-27(19-9-3-1-4-10-19)33-34(29(24)35)23-12-5-2-6-13-23/h1-17H,18H2/b24-16-. The number of anilines is 1. The van der Waals surface area contributed by atoms with Crippen LogP contribution in [0.25, 0.3) is 6.08 Å². The van der Waals surface area contributed by atoms with Crippen LogP contribution in [0.1, 0.15) is 16.7 Å². The van der Waals surface area contributed by atoms with Gasteiger partial charge in [-0.1, -0.05) is 82.7 Å². The maximum atomic E-state index is 14.2. The molecule has 1 aliphatic rings. The van der Waals surface area contributed by atoms with Crippen LogP contribution in [0.5, 0.6) is 5.75 Å². The van der Waals surface area contributed by atoms with Crippen LogP contribution >= 0.6 is 31.9 Å². The Hall–Kier alpha value is -3.55. The van der Waals surface area contributed by atoms with Gasteiger partial charge in [0.15, 0.2) is 0 Å². The van der Waals surface area contributed by atoms with Gasteiger partial charge < -0.3 is 4.74 Å². The van der Waals surface area contributed by atoms with Crippen molar-refractivity contribution in [2.24, 2.45) is 5.10 Å². The van der Waals surface area contributed by atoms with Crippen molar-refractivity contribution >= 4 is 55.2 Å². The third-order valence-corrected chi connectivity index (χ3v) is 6.64. The minimum atomic E-state index is -0.339. The first-order chi connectivity index (χ1) is 17.5. The van der Waals surface area contributed by atoms with Gasteiger partial charge in [-0.2, -0.15) is 10.1 Å². The van der Waals surface area contributed by atoms with Crippen molar-refractivity contribution in [3.05, 3.63) is 134 Å². The van der Waals surface area contributed by atoms with Gasteiger partial charge in [0.25, 0.3) is 5.91 Å². The number of halogens is 3. The molecule has 4 nitrogen and oxygen atoms in total. The van der Waals surface area contributed by atoms with Crippen molar-refractivity contribution in [1.29, 1.82) is 0 Å². The highest BCUT2D eigenvalue weighted by Crippen LogP contribution is 2.37. The lowest BCUT2D eigenvalue weighted by molar-refractivity contribution is -0.114. The number of hydrazone groups is 1. The lowest BCUT2D eigenvalue weighted by Crippen LogP contribution is -2.21. The molecule has 0 aliphatic carbocycles. The molecule has 36 heavy (non-hydrogen) atoms. The van der Waals surface area contributed by atoms with Crippen LogP contribution in [-0.4, -0.2) is 11.6 Å². The quantitative estimate of drug-likeness (QED) is 0.211. The Labute approximate surface area is 225 Å². The number of nitrogens with zero attached hydrogens (tertiary/aromatic N) is 2. The molecule has 4 aromatic rings. The van der Waals surface area contributed by atoms with Gasteiger partial charge in [-0.3, -0.25) is 4.79 Å². The molecule has 0 radical (unpaired) electrons. The summed E-state index contributed by atoms with van der Waals surface area (Å²) in [5.41, 5.74) is 3.55. The predicted molar refractivity (Wildman–Crippen MR) is 147 cm³/mol. The molecule has 0 atom stereocenters. The van der Waals surface area contributed by atoms with E-state index in [1.54, 1.807) is 24.3 Å². The molecule has 1 amide bonds. The van der Waals surface area contributed by atoms with Crippen LogP contribution in [0.2, 0.25) is 0 Å². The number of carbonyl (C=O) groups is 1. The Morgan fingerprint density at radius 1 is 0.889 bits per heavy atom. The minimum Gasteiger partial charge on any atom is -0.487 e. The molecule has 4 aromatic carbocycles. The molecular formula is C29H19Br2FN2O2. The van der Waals surface area contributed by atoms with Crippen LogP contribution in [0, 0.1) is 5.82 Å². The summed E-state index contributed by atoms with van der Waals surface area (Å²) in [6.07, 6.45) is 1.77. The van der Waals surface area contributed by atoms with E-state index in [1.807, 2.05) is 72.8 Å². The van der Waals surface area contributed by atoms with E-state index in [0.29, 0.717) is 38.3 Å². The van der Waals surface area contributed by atoms with Crippen LogP contribution in [0.3, 0.4) is 0 Å². The summed E-state index contributed by atoms with van der Waals surface area (Å²) in [6, 6.07) is 29.0. The van der Waals surface area contributed by atoms with Crippen LogP contribution in [-0.2, 0) is 11.4 Å². The lowest BCUT2D eigenvalue weighted by Gasteiger charge is -2.14. The maximum Gasteiger partial charge on any atom is 0.281 e. The zero-order valence-electron chi connectivity index (χ0n) is 18.9. The van der Waals surface area contributed by atoms with Crippen molar-refractivity contribution in [2.45, 2.75) is 6.61 Å². The number of benzene rings is 4. The van der Waals surface area contributed by atoms with E-state index >= 15 is 0 Å². The maximum absolute atomic E-state index is 14.2. The number of hydrogen-bond donors (Lipinski definition) is 0. The second-order valence-electron chi connectivity index (χ2n) is 8.01. The fourth-order valence-electron chi connectivity index (χ4n) is 3.86. The van der Waals surface area contributed by atoms with Crippen molar-refractivity contribution in [1.82, 2.24) is 0 Å². The third-order valence-electron chi connectivity index (χ3n) is 5.59. The van der Waals surface area contributed by atoms with Crippen molar-refractivity contribution in [3.63, 3.8) is 0 Å². The molecule has 0 fully saturated rings. The zero-order chi connectivity index (χ0) is 25.1. The van der Waals surface area contributed by atoms with Crippen LogP contribution < -0.4 is 9.75 Å². The molecule has 0 saturated carbocycles. The molecule has 1 aliphatic heterocycles. The van der Waals surface area contributed by atoms with Gasteiger partial charge in [0, 0.05) is 21.2 Å². The molecular weight excluding hydrogens is 587 g/mol. The Balaban J connectivity index is 1.59. The average molecular weight is 606 g/mol. The highest BCUT2D eigenvalue weighted by Gasteiger charge is 2.32. The van der Waals surface area contributed by atoms with Gasteiger partial charge in [-0.05, 0) is 52.3 Å². The Kier molecular flexibility index (Phi) is 7.11. The first kappa shape index (κ1) is 24.2. The predicted octanol–water partition coefficient (Wildman–Crippen LogP) is 7.76. The third kappa shape index (κ3) is 5.03. The van der Waals surface area contributed by atoms with Crippen molar-refractivity contribution in [2.75, 3.05) is 5.01 Å². The molecule has 0 bridgehead atoms. The van der Waals surface area contributed by atoms with Gasteiger partial charge in [-0.25, -0.2) is 4.39 Å². The minimum absolute atomic E-state index is 0.0345. The van der Waals surface area contributed by atoms with E-state index in [-0.39, 0.29) is 18.3 Å². The summed E-state index contributed by atoms with van der Waals surface area (Å²) in [5.74, 6) is -0.0999. The number of amides is 1. The zero-order valence-corrected chi connectivity index (χ0v) is 22.0. The fraction of sp³-hybridized carbons (Fsp3) is 0.0345. The SMILES string of the molecule is O=C1/C(=C\c2cc(Br)cc(Br)c2OCc2ccccc2F)C(c2ccccc2)=NN1c1ccccc1. The molecule has 1 heterocycles. The van der Waals surface area contributed by atoms with Gasteiger partial charge in [0.05, 0.1) is 15.7 Å².